The standard InChI is InChI=1S/C13H27NO2/c1-12(2,3)10-7-8-14(9-10)11(15)16-13(4,5)6/h10-11,15H,7-9H2,1-6H3. The molecule has 0 amide bonds. The van der Waals surface area contributed by atoms with Crippen molar-refractivity contribution in [3.05, 3.63) is 0 Å². The van der Waals surface area contributed by atoms with Crippen LogP contribution in [0.5, 0.6) is 0 Å². The van der Waals surface area contributed by atoms with Crippen molar-refractivity contribution in [2.24, 2.45) is 11.3 Å². The third-order valence-corrected chi connectivity index (χ3v) is 3.22. The van der Waals surface area contributed by atoms with Gasteiger partial charge in [-0.2, -0.15) is 0 Å². The van der Waals surface area contributed by atoms with Crippen LogP contribution in [0.2, 0.25) is 0 Å². The van der Waals surface area contributed by atoms with Gasteiger partial charge in [0.15, 0.2) is 0 Å². The molecule has 0 radical (unpaired) electrons. The number of likely N-dealkylation sites (tertiary alicyclic amines) is 1. The van der Waals surface area contributed by atoms with Gasteiger partial charge in [0.2, 0.25) is 6.41 Å². The van der Waals surface area contributed by atoms with E-state index in [9.17, 15) is 5.11 Å². The molecular weight excluding hydrogens is 202 g/mol. The minimum Gasteiger partial charge on any atom is -0.356 e. The van der Waals surface area contributed by atoms with E-state index in [1.807, 2.05) is 25.7 Å². The lowest BCUT2D eigenvalue weighted by Gasteiger charge is -2.31. The Kier molecular flexibility index (Phi) is 4.04. The van der Waals surface area contributed by atoms with Gasteiger partial charge in [-0.1, -0.05) is 20.8 Å². The zero-order chi connectivity index (χ0) is 12.6. The fourth-order valence-corrected chi connectivity index (χ4v) is 2.09. The highest BCUT2D eigenvalue weighted by atomic mass is 16.6. The molecule has 0 spiro atoms. The van der Waals surface area contributed by atoms with E-state index in [4.69, 9.17) is 4.74 Å². The molecule has 1 saturated heterocycles. The summed E-state index contributed by atoms with van der Waals surface area (Å²) in [5, 5.41) is 9.97. The molecular formula is C13H27NO2. The van der Waals surface area contributed by atoms with Gasteiger partial charge in [0.25, 0.3) is 0 Å². The van der Waals surface area contributed by atoms with Gasteiger partial charge in [0, 0.05) is 13.1 Å². The van der Waals surface area contributed by atoms with Gasteiger partial charge in [0.05, 0.1) is 5.60 Å². The van der Waals surface area contributed by atoms with Gasteiger partial charge in [-0.3, -0.25) is 4.90 Å². The van der Waals surface area contributed by atoms with Crippen LogP contribution in [0.25, 0.3) is 0 Å². The summed E-state index contributed by atoms with van der Waals surface area (Å²) in [5.41, 5.74) is 0.0233. The summed E-state index contributed by atoms with van der Waals surface area (Å²) in [4.78, 5) is 2.03. The Morgan fingerprint density at radius 2 is 1.75 bits per heavy atom. The van der Waals surface area contributed by atoms with Crippen LogP contribution in [0.15, 0.2) is 0 Å². The Balaban J connectivity index is 2.47. The van der Waals surface area contributed by atoms with Crippen LogP contribution in [0, 0.1) is 11.3 Å². The van der Waals surface area contributed by atoms with Crippen molar-refractivity contribution in [2.75, 3.05) is 13.1 Å². The summed E-state index contributed by atoms with van der Waals surface area (Å²) in [6, 6.07) is 0. The van der Waals surface area contributed by atoms with Crippen molar-refractivity contribution in [1.29, 1.82) is 0 Å². The lowest BCUT2D eigenvalue weighted by Crippen LogP contribution is -2.41. The monoisotopic (exact) mass is 229 g/mol. The van der Waals surface area contributed by atoms with E-state index in [2.05, 4.69) is 20.8 Å². The average Bonchev–Trinajstić information content (AvgIpc) is 2.46. The molecule has 0 aromatic rings. The summed E-state index contributed by atoms with van der Waals surface area (Å²) in [5.74, 6) is 0.644. The van der Waals surface area contributed by atoms with E-state index in [0.717, 1.165) is 19.5 Å². The molecule has 1 N–H and O–H groups in total. The van der Waals surface area contributed by atoms with E-state index in [0.29, 0.717) is 11.3 Å². The van der Waals surface area contributed by atoms with Crippen molar-refractivity contribution in [3.63, 3.8) is 0 Å². The molecule has 1 aliphatic rings. The van der Waals surface area contributed by atoms with Crippen molar-refractivity contribution >= 4 is 0 Å². The van der Waals surface area contributed by atoms with Gasteiger partial charge in [-0.05, 0) is 38.5 Å². The van der Waals surface area contributed by atoms with Crippen molar-refractivity contribution in [2.45, 2.75) is 60.0 Å². The second-order valence-corrected chi connectivity index (χ2v) is 6.90. The maximum absolute atomic E-state index is 9.97. The number of hydrogen-bond acceptors (Lipinski definition) is 3. The number of nitrogens with zero attached hydrogens (tertiary/aromatic N) is 1. The predicted octanol–water partition coefficient (Wildman–Crippen LogP) is 2.45. The molecule has 96 valence electrons. The molecule has 1 aliphatic heterocycles. The largest absolute Gasteiger partial charge is 0.356 e. The molecule has 0 saturated carbocycles. The van der Waals surface area contributed by atoms with E-state index in [1.165, 1.54) is 0 Å². The Morgan fingerprint density at radius 1 is 1.19 bits per heavy atom. The van der Waals surface area contributed by atoms with Crippen LogP contribution in [-0.4, -0.2) is 35.1 Å². The average molecular weight is 229 g/mol. The highest BCUT2D eigenvalue weighted by molar-refractivity contribution is 4.83. The molecule has 3 heteroatoms. The summed E-state index contributed by atoms with van der Waals surface area (Å²) in [6.07, 6.45) is 0.390. The first-order chi connectivity index (χ1) is 7.09. The van der Waals surface area contributed by atoms with Crippen molar-refractivity contribution < 1.29 is 9.84 Å². The summed E-state index contributed by atoms with van der Waals surface area (Å²) < 4.78 is 5.56. The fourth-order valence-electron chi connectivity index (χ4n) is 2.09. The lowest BCUT2D eigenvalue weighted by atomic mass is 9.80. The Bertz CT molecular complexity index is 227. The van der Waals surface area contributed by atoms with E-state index in [1.54, 1.807) is 0 Å². The SMILES string of the molecule is CC(C)(C)OC(O)N1CCC(C(C)(C)C)C1. The van der Waals surface area contributed by atoms with Gasteiger partial charge in [-0.15, -0.1) is 0 Å². The van der Waals surface area contributed by atoms with Crippen LogP contribution in [0.3, 0.4) is 0 Å². The Morgan fingerprint density at radius 3 is 2.12 bits per heavy atom. The topological polar surface area (TPSA) is 32.7 Å². The number of aliphatic hydroxyl groups excluding tert-OH is 1. The van der Waals surface area contributed by atoms with Crippen molar-refractivity contribution in [1.82, 2.24) is 4.90 Å². The summed E-state index contributed by atoms with van der Waals surface area (Å²) >= 11 is 0. The van der Waals surface area contributed by atoms with Crippen LogP contribution in [-0.2, 0) is 4.74 Å². The Labute approximate surface area is 99.8 Å². The minimum atomic E-state index is -0.757. The molecule has 1 fully saturated rings. The maximum atomic E-state index is 9.97. The highest BCUT2D eigenvalue weighted by Gasteiger charge is 2.35. The molecule has 0 aromatic carbocycles. The van der Waals surface area contributed by atoms with E-state index >= 15 is 0 Å². The first-order valence-corrected chi connectivity index (χ1v) is 6.19. The normalized spacial score (nSPS) is 26.1. The van der Waals surface area contributed by atoms with Crippen LogP contribution in [0.4, 0.5) is 0 Å². The van der Waals surface area contributed by atoms with E-state index in [-0.39, 0.29) is 5.60 Å². The number of hydrogen-bond donors (Lipinski definition) is 1. The third-order valence-electron chi connectivity index (χ3n) is 3.22. The first-order valence-electron chi connectivity index (χ1n) is 6.19. The van der Waals surface area contributed by atoms with Crippen LogP contribution >= 0.6 is 0 Å². The van der Waals surface area contributed by atoms with Crippen molar-refractivity contribution in [3.8, 4) is 0 Å². The molecule has 2 atom stereocenters. The molecule has 3 nitrogen and oxygen atoms in total. The summed E-state index contributed by atoms with van der Waals surface area (Å²) in [6.45, 7) is 14.5. The minimum absolute atomic E-state index is 0.292. The smallest absolute Gasteiger partial charge is 0.216 e. The third kappa shape index (κ3) is 4.04. The van der Waals surface area contributed by atoms with Gasteiger partial charge in [-0.25, -0.2) is 0 Å². The summed E-state index contributed by atoms with van der Waals surface area (Å²) in [7, 11) is 0. The molecule has 0 aromatic heterocycles. The fraction of sp³-hybridized carbons (Fsp3) is 1.00. The number of rotatable bonds is 2. The highest BCUT2D eigenvalue weighted by Crippen LogP contribution is 2.34. The van der Waals surface area contributed by atoms with Crippen LogP contribution in [0.1, 0.15) is 48.0 Å². The second-order valence-electron chi connectivity index (χ2n) is 6.90. The first kappa shape index (κ1) is 13.9. The number of aliphatic hydroxyl groups is 1. The molecule has 1 rings (SSSR count). The molecule has 2 unspecified atom stereocenters. The Hall–Kier alpha value is -0.120. The van der Waals surface area contributed by atoms with Crippen LogP contribution < -0.4 is 0 Å². The quantitative estimate of drug-likeness (QED) is 0.738. The molecule has 0 bridgehead atoms. The van der Waals surface area contributed by atoms with E-state index < -0.39 is 6.41 Å². The molecule has 0 aliphatic carbocycles. The van der Waals surface area contributed by atoms with Gasteiger partial charge >= 0.3 is 0 Å². The zero-order valence-electron chi connectivity index (χ0n) is 11.6. The predicted molar refractivity (Wildman–Crippen MR) is 66.0 cm³/mol. The maximum Gasteiger partial charge on any atom is 0.216 e. The zero-order valence-corrected chi connectivity index (χ0v) is 11.6. The lowest BCUT2D eigenvalue weighted by molar-refractivity contribution is -0.234. The second kappa shape index (κ2) is 4.63. The van der Waals surface area contributed by atoms with Gasteiger partial charge in [0.1, 0.15) is 0 Å². The molecule has 1 heterocycles. The van der Waals surface area contributed by atoms with Gasteiger partial charge < -0.3 is 9.84 Å². The number of ether oxygens (including phenoxy) is 1. The molecule has 16 heavy (non-hydrogen) atoms.